The van der Waals surface area contributed by atoms with Crippen LogP contribution >= 0.6 is 22.6 Å². The van der Waals surface area contributed by atoms with Gasteiger partial charge in [0.2, 0.25) is 0 Å². The molecule has 2 aromatic rings. The van der Waals surface area contributed by atoms with E-state index in [1.807, 2.05) is 6.92 Å². The lowest BCUT2D eigenvalue weighted by atomic mass is 10.1. The van der Waals surface area contributed by atoms with Gasteiger partial charge in [-0.05, 0) is 59.7 Å². The van der Waals surface area contributed by atoms with Crippen LogP contribution in [0.5, 0.6) is 0 Å². The van der Waals surface area contributed by atoms with E-state index in [1.54, 1.807) is 0 Å². The van der Waals surface area contributed by atoms with Crippen molar-refractivity contribution in [2.24, 2.45) is 5.73 Å². The van der Waals surface area contributed by atoms with Crippen LogP contribution in [0.1, 0.15) is 12.5 Å². The van der Waals surface area contributed by atoms with Crippen LogP contribution in [-0.2, 0) is 6.42 Å². The molecule has 3 N–H and O–H groups in total. The largest absolute Gasteiger partial charge is 0.361 e. The van der Waals surface area contributed by atoms with Gasteiger partial charge in [0.25, 0.3) is 0 Å². The molecule has 1 atom stereocenters. The Hall–Kier alpha value is -0.550. The predicted octanol–water partition coefficient (Wildman–Crippen LogP) is 2.66. The molecule has 0 fully saturated rings. The summed E-state index contributed by atoms with van der Waals surface area (Å²) in [6, 6.07) is 6.63. The van der Waals surface area contributed by atoms with Crippen molar-refractivity contribution in [2.45, 2.75) is 19.4 Å². The smallest absolute Gasteiger partial charge is 0.0457 e. The Morgan fingerprint density at radius 1 is 1.50 bits per heavy atom. The summed E-state index contributed by atoms with van der Waals surface area (Å²) in [4.78, 5) is 3.26. The van der Waals surface area contributed by atoms with Gasteiger partial charge in [0.1, 0.15) is 0 Å². The summed E-state index contributed by atoms with van der Waals surface area (Å²) in [7, 11) is 0. The van der Waals surface area contributed by atoms with Crippen molar-refractivity contribution in [3.63, 3.8) is 0 Å². The molecule has 14 heavy (non-hydrogen) atoms. The van der Waals surface area contributed by atoms with Gasteiger partial charge in [-0.1, -0.05) is 0 Å². The zero-order valence-corrected chi connectivity index (χ0v) is 10.2. The second kappa shape index (κ2) is 3.90. The van der Waals surface area contributed by atoms with Gasteiger partial charge in [0, 0.05) is 26.7 Å². The number of benzene rings is 1. The molecule has 3 heteroatoms. The highest BCUT2D eigenvalue weighted by molar-refractivity contribution is 14.1. The van der Waals surface area contributed by atoms with Gasteiger partial charge in [-0.3, -0.25) is 0 Å². The molecule has 0 bridgehead atoms. The van der Waals surface area contributed by atoms with Crippen LogP contribution in [-0.4, -0.2) is 11.0 Å². The summed E-state index contributed by atoms with van der Waals surface area (Å²) in [5.41, 5.74) is 8.31. The van der Waals surface area contributed by atoms with Gasteiger partial charge in [-0.15, -0.1) is 0 Å². The van der Waals surface area contributed by atoms with Crippen molar-refractivity contribution in [1.29, 1.82) is 0 Å². The molecule has 0 aliphatic heterocycles. The molecule has 0 aliphatic carbocycles. The monoisotopic (exact) mass is 300 g/mol. The minimum atomic E-state index is 0.215. The molecule has 1 heterocycles. The van der Waals surface area contributed by atoms with E-state index in [4.69, 9.17) is 5.73 Å². The first-order valence-corrected chi connectivity index (χ1v) is 5.76. The van der Waals surface area contributed by atoms with Crippen LogP contribution in [0.2, 0.25) is 0 Å². The molecular weight excluding hydrogens is 287 g/mol. The number of nitrogens with two attached hydrogens (primary N) is 1. The number of rotatable bonds is 2. The van der Waals surface area contributed by atoms with E-state index in [2.05, 4.69) is 52.0 Å². The van der Waals surface area contributed by atoms with Crippen LogP contribution in [0, 0.1) is 3.57 Å². The molecule has 0 saturated carbocycles. The Bertz CT molecular complexity index is 445. The SMILES string of the molecule is CC(N)Cc1c[nH]c2ccc(I)cc12. The maximum absolute atomic E-state index is 5.80. The molecule has 1 aromatic heterocycles. The highest BCUT2D eigenvalue weighted by Crippen LogP contribution is 2.21. The summed E-state index contributed by atoms with van der Waals surface area (Å²) in [6.45, 7) is 2.03. The first kappa shape index (κ1) is 9.98. The minimum Gasteiger partial charge on any atom is -0.361 e. The molecule has 0 spiro atoms. The molecule has 2 rings (SSSR count). The molecule has 2 nitrogen and oxygen atoms in total. The lowest BCUT2D eigenvalue weighted by molar-refractivity contribution is 0.741. The Labute approximate surface area is 97.0 Å². The van der Waals surface area contributed by atoms with E-state index in [1.165, 1.54) is 20.0 Å². The average Bonchev–Trinajstić information content (AvgIpc) is 2.47. The maximum atomic E-state index is 5.80. The Morgan fingerprint density at radius 2 is 2.29 bits per heavy atom. The molecule has 74 valence electrons. The number of halogens is 1. The van der Waals surface area contributed by atoms with Crippen molar-refractivity contribution in [2.75, 3.05) is 0 Å². The fraction of sp³-hybridized carbons (Fsp3) is 0.273. The number of H-pyrrole nitrogens is 1. The molecule has 0 radical (unpaired) electrons. The van der Waals surface area contributed by atoms with E-state index in [0.29, 0.717) is 0 Å². The van der Waals surface area contributed by atoms with Gasteiger partial charge >= 0.3 is 0 Å². The predicted molar refractivity (Wildman–Crippen MR) is 68.4 cm³/mol. The van der Waals surface area contributed by atoms with Crippen molar-refractivity contribution < 1.29 is 0 Å². The van der Waals surface area contributed by atoms with Crippen LogP contribution in [0.4, 0.5) is 0 Å². The quantitative estimate of drug-likeness (QED) is 0.823. The normalized spacial score (nSPS) is 13.4. The average molecular weight is 300 g/mol. The lowest BCUT2D eigenvalue weighted by Crippen LogP contribution is -2.17. The summed E-state index contributed by atoms with van der Waals surface area (Å²) >= 11 is 2.33. The third-order valence-electron chi connectivity index (χ3n) is 2.27. The van der Waals surface area contributed by atoms with Crippen LogP contribution in [0.3, 0.4) is 0 Å². The van der Waals surface area contributed by atoms with Crippen LogP contribution < -0.4 is 5.73 Å². The number of aromatic amines is 1. The molecule has 1 aromatic carbocycles. The number of nitrogens with one attached hydrogen (secondary N) is 1. The fourth-order valence-corrected chi connectivity index (χ4v) is 2.16. The van der Waals surface area contributed by atoms with Gasteiger partial charge < -0.3 is 10.7 Å². The standard InChI is InChI=1S/C11H13IN2/c1-7(13)4-8-6-14-11-3-2-9(12)5-10(8)11/h2-3,5-7,14H,4,13H2,1H3. The second-order valence-electron chi connectivity index (χ2n) is 3.69. The highest BCUT2D eigenvalue weighted by Gasteiger charge is 2.05. The van der Waals surface area contributed by atoms with Gasteiger partial charge in [0.05, 0.1) is 0 Å². The lowest BCUT2D eigenvalue weighted by Gasteiger charge is -2.03. The molecule has 0 aliphatic rings. The zero-order chi connectivity index (χ0) is 10.1. The van der Waals surface area contributed by atoms with E-state index in [0.717, 1.165) is 6.42 Å². The molecule has 1 unspecified atom stereocenters. The van der Waals surface area contributed by atoms with E-state index >= 15 is 0 Å². The first-order chi connectivity index (χ1) is 6.66. The topological polar surface area (TPSA) is 41.8 Å². The van der Waals surface area contributed by atoms with Gasteiger partial charge in [-0.25, -0.2) is 0 Å². The first-order valence-electron chi connectivity index (χ1n) is 4.68. The third-order valence-corrected chi connectivity index (χ3v) is 2.94. The van der Waals surface area contributed by atoms with Crippen LogP contribution in [0.15, 0.2) is 24.4 Å². The Kier molecular flexibility index (Phi) is 2.78. The van der Waals surface area contributed by atoms with E-state index < -0.39 is 0 Å². The van der Waals surface area contributed by atoms with E-state index in [9.17, 15) is 0 Å². The number of aromatic nitrogens is 1. The fourth-order valence-electron chi connectivity index (χ4n) is 1.67. The highest BCUT2D eigenvalue weighted by atomic mass is 127. The van der Waals surface area contributed by atoms with Crippen molar-refractivity contribution in [1.82, 2.24) is 4.98 Å². The zero-order valence-electron chi connectivity index (χ0n) is 8.05. The summed E-state index contributed by atoms with van der Waals surface area (Å²) in [5.74, 6) is 0. The Morgan fingerprint density at radius 3 is 3.00 bits per heavy atom. The summed E-state index contributed by atoms with van der Waals surface area (Å²) < 4.78 is 1.26. The van der Waals surface area contributed by atoms with Crippen molar-refractivity contribution >= 4 is 33.5 Å². The van der Waals surface area contributed by atoms with E-state index in [-0.39, 0.29) is 6.04 Å². The minimum absolute atomic E-state index is 0.215. The second-order valence-corrected chi connectivity index (χ2v) is 4.93. The molecule has 0 amide bonds. The van der Waals surface area contributed by atoms with Gasteiger partial charge in [0.15, 0.2) is 0 Å². The number of hydrogen-bond acceptors (Lipinski definition) is 1. The third kappa shape index (κ3) is 1.93. The Balaban J connectivity index is 2.50. The number of hydrogen-bond donors (Lipinski definition) is 2. The molecular formula is C11H13IN2. The van der Waals surface area contributed by atoms with Crippen molar-refractivity contribution in [3.8, 4) is 0 Å². The molecule has 0 saturated heterocycles. The van der Waals surface area contributed by atoms with Crippen LogP contribution in [0.25, 0.3) is 10.9 Å². The summed E-state index contributed by atoms with van der Waals surface area (Å²) in [6.07, 6.45) is 2.99. The summed E-state index contributed by atoms with van der Waals surface area (Å²) in [5, 5.41) is 1.30. The van der Waals surface area contributed by atoms with Gasteiger partial charge in [-0.2, -0.15) is 0 Å². The van der Waals surface area contributed by atoms with Crippen molar-refractivity contribution in [3.05, 3.63) is 33.5 Å². The maximum Gasteiger partial charge on any atom is 0.0457 e. The number of fused-ring (bicyclic) bond motifs is 1.